The number of rotatable bonds is 5. The lowest BCUT2D eigenvalue weighted by Gasteiger charge is -2.19. The molecular weight excluding hydrogens is 303 g/mol. The highest BCUT2D eigenvalue weighted by Gasteiger charge is 2.18. The molecule has 122 valence electrons. The van der Waals surface area contributed by atoms with Gasteiger partial charge in [0.1, 0.15) is 5.82 Å². The number of aromatic nitrogens is 1. The zero-order valence-corrected chi connectivity index (χ0v) is 13.4. The van der Waals surface area contributed by atoms with Crippen molar-refractivity contribution in [1.82, 2.24) is 4.57 Å². The molecule has 1 atom stereocenters. The summed E-state index contributed by atoms with van der Waals surface area (Å²) in [7, 11) is 0. The highest BCUT2D eigenvalue weighted by Crippen LogP contribution is 2.24. The summed E-state index contributed by atoms with van der Waals surface area (Å²) in [5.41, 5.74) is 2.67. The van der Waals surface area contributed by atoms with E-state index in [4.69, 9.17) is 0 Å². The molecule has 1 aromatic heterocycles. The molecule has 0 radical (unpaired) electrons. The zero-order valence-electron chi connectivity index (χ0n) is 13.4. The Labute approximate surface area is 140 Å². The number of hydrogen-bond acceptors (Lipinski definition) is 1. The van der Waals surface area contributed by atoms with E-state index in [2.05, 4.69) is 5.32 Å². The maximum Gasteiger partial charge on any atom is 0.226 e. The summed E-state index contributed by atoms with van der Waals surface area (Å²) in [5.74, 6) is -0.412. The number of nitrogens with one attached hydrogen (secondary N) is 1. The number of carbonyl (C=O) groups is 1. The third-order valence-electron chi connectivity index (χ3n) is 3.93. The number of hydrogen-bond donors (Lipinski definition) is 1. The number of aryl methyl sites for hydroxylation is 1. The fourth-order valence-corrected chi connectivity index (χ4v) is 2.69. The third kappa shape index (κ3) is 3.90. The van der Waals surface area contributed by atoms with Crippen LogP contribution in [0.2, 0.25) is 0 Å². The van der Waals surface area contributed by atoms with Gasteiger partial charge in [-0.3, -0.25) is 4.79 Å². The van der Waals surface area contributed by atoms with E-state index in [9.17, 15) is 9.18 Å². The fraction of sp³-hybridized carbons (Fsp3) is 0.150. The second-order valence-corrected chi connectivity index (χ2v) is 5.82. The summed E-state index contributed by atoms with van der Waals surface area (Å²) in [4.78, 5) is 12.4. The Kier molecular flexibility index (Phi) is 4.75. The molecule has 0 fully saturated rings. The van der Waals surface area contributed by atoms with Crippen molar-refractivity contribution in [3.8, 4) is 0 Å². The van der Waals surface area contributed by atoms with Crippen LogP contribution in [0.3, 0.4) is 0 Å². The Balaban J connectivity index is 1.79. The van der Waals surface area contributed by atoms with Crippen molar-refractivity contribution < 1.29 is 9.18 Å². The van der Waals surface area contributed by atoms with E-state index < -0.39 is 0 Å². The Morgan fingerprint density at radius 3 is 2.46 bits per heavy atom. The molecule has 0 saturated carbocycles. The van der Waals surface area contributed by atoms with E-state index in [1.807, 2.05) is 66.3 Å². The van der Waals surface area contributed by atoms with Gasteiger partial charge in [-0.25, -0.2) is 4.39 Å². The fourth-order valence-electron chi connectivity index (χ4n) is 2.69. The molecular formula is C20H19FN2O. The third-order valence-corrected chi connectivity index (χ3v) is 3.93. The van der Waals surface area contributed by atoms with Crippen molar-refractivity contribution >= 4 is 11.6 Å². The lowest BCUT2D eigenvalue weighted by molar-refractivity contribution is -0.116. The van der Waals surface area contributed by atoms with Crippen molar-refractivity contribution in [3.63, 3.8) is 0 Å². The van der Waals surface area contributed by atoms with Gasteiger partial charge in [-0.2, -0.15) is 0 Å². The SMILES string of the molecule is Cc1ccc(NC(=O)CC(c2cccc(F)c2)n2cccc2)cc1. The highest BCUT2D eigenvalue weighted by molar-refractivity contribution is 5.91. The topological polar surface area (TPSA) is 34.0 Å². The van der Waals surface area contributed by atoms with Crippen LogP contribution >= 0.6 is 0 Å². The van der Waals surface area contributed by atoms with Gasteiger partial charge in [0.25, 0.3) is 0 Å². The first-order chi connectivity index (χ1) is 11.6. The van der Waals surface area contributed by atoms with Crippen LogP contribution in [-0.2, 0) is 4.79 Å². The molecule has 3 nitrogen and oxygen atoms in total. The Morgan fingerprint density at radius 1 is 1.08 bits per heavy atom. The summed E-state index contributed by atoms with van der Waals surface area (Å²) in [5, 5.41) is 2.90. The number of benzene rings is 2. The minimum Gasteiger partial charge on any atom is -0.346 e. The minimum atomic E-state index is -0.302. The van der Waals surface area contributed by atoms with Crippen molar-refractivity contribution in [3.05, 3.63) is 90.0 Å². The number of carbonyl (C=O) groups excluding carboxylic acids is 1. The molecule has 3 rings (SSSR count). The molecule has 0 aliphatic rings. The van der Waals surface area contributed by atoms with Gasteiger partial charge in [0.2, 0.25) is 5.91 Å². The number of halogens is 1. The van der Waals surface area contributed by atoms with Crippen LogP contribution < -0.4 is 5.32 Å². The molecule has 24 heavy (non-hydrogen) atoms. The van der Waals surface area contributed by atoms with Gasteiger partial charge >= 0.3 is 0 Å². The second kappa shape index (κ2) is 7.13. The largest absolute Gasteiger partial charge is 0.346 e. The maximum absolute atomic E-state index is 13.6. The standard InChI is InChI=1S/C20H19FN2O/c1-15-7-9-18(10-8-15)22-20(24)14-19(23-11-2-3-12-23)16-5-4-6-17(21)13-16/h2-13,19H,14H2,1H3,(H,22,24). The van der Waals surface area contributed by atoms with Crippen LogP contribution in [0.5, 0.6) is 0 Å². The first-order valence-corrected chi connectivity index (χ1v) is 7.86. The smallest absolute Gasteiger partial charge is 0.226 e. The van der Waals surface area contributed by atoms with Gasteiger partial charge in [0, 0.05) is 18.1 Å². The summed E-state index contributed by atoms with van der Waals surface area (Å²) in [6, 6.07) is 17.6. The van der Waals surface area contributed by atoms with Crippen LogP contribution in [0.4, 0.5) is 10.1 Å². The Bertz CT molecular complexity index is 810. The molecule has 0 aliphatic heterocycles. The molecule has 1 unspecified atom stereocenters. The zero-order chi connectivity index (χ0) is 16.9. The monoisotopic (exact) mass is 322 g/mol. The van der Waals surface area contributed by atoms with Crippen molar-refractivity contribution in [2.45, 2.75) is 19.4 Å². The Hall–Kier alpha value is -2.88. The minimum absolute atomic E-state index is 0.109. The van der Waals surface area contributed by atoms with E-state index in [-0.39, 0.29) is 24.2 Å². The normalized spacial score (nSPS) is 11.9. The van der Waals surface area contributed by atoms with Crippen LogP contribution in [0.1, 0.15) is 23.6 Å². The summed E-state index contributed by atoms with van der Waals surface area (Å²) >= 11 is 0. The van der Waals surface area contributed by atoms with Gasteiger partial charge in [-0.15, -0.1) is 0 Å². The first-order valence-electron chi connectivity index (χ1n) is 7.86. The van der Waals surface area contributed by atoms with Crippen LogP contribution in [-0.4, -0.2) is 10.5 Å². The molecule has 0 saturated heterocycles. The number of anilines is 1. The maximum atomic E-state index is 13.6. The van der Waals surface area contributed by atoms with E-state index in [1.54, 1.807) is 6.07 Å². The van der Waals surface area contributed by atoms with Gasteiger partial charge in [-0.1, -0.05) is 29.8 Å². The van der Waals surface area contributed by atoms with Crippen LogP contribution in [0.15, 0.2) is 73.1 Å². The number of amides is 1. The summed E-state index contributed by atoms with van der Waals surface area (Å²) in [6.45, 7) is 2.00. The predicted octanol–water partition coefficient (Wildman–Crippen LogP) is 4.55. The highest BCUT2D eigenvalue weighted by atomic mass is 19.1. The molecule has 4 heteroatoms. The quantitative estimate of drug-likeness (QED) is 0.734. The van der Waals surface area contributed by atoms with Crippen LogP contribution in [0, 0.1) is 12.7 Å². The molecule has 1 N–H and O–H groups in total. The molecule has 0 bridgehead atoms. The lowest BCUT2D eigenvalue weighted by Crippen LogP contribution is -2.19. The average Bonchev–Trinajstić information content (AvgIpc) is 3.09. The molecule has 3 aromatic rings. The van der Waals surface area contributed by atoms with Gasteiger partial charge < -0.3 is 9.88 Å². The first kappa shape index (κ1) is 16.0. The van der Waals surface area contributed by atoms with Gasteiger partial charge in [0.05, 0.1) is 12.5 Å². The van der Waals surface area contributed by atoms with E-state index in [0.717, 1.165) is 16.8 Å². The van der Waals surface area contributed by atoms with Crippen molar-refractivity contribution in [1.29, 1.82) is 0 Å². The Morgan fingerprint density at radius 2 is 1.79 bits per heavy atom. The summed E-state index contributed by atoms with van der Waals surface area (Å²) < 4.78 is 15.5. The molecule has 1 heterocycles. The van der Waals surface area contributed by atoms with Gasteiger partial charge in [0.15, 0.2) is 0 Å². The van der Waals surface area contributed by atoms with Crippen molar-refractivity contribution in [2.75, 3.05) is 5.32 Å². The predicted molar refractivity (Wildman–Crippen MR) is 93.4 cm³/mol. The van der Waals surface area contributed by atoms with E-state index in [1.165, 1.54) is 12.1 Å². The van der Waals surface area contributed by atoms with Crippen molar-refractivity contribution in [2.24, 2.45) is 0 Å². The molecule has 0 spiro atoms. The average molecular weight is 322 g/mol. The second-order valence-electron chi connectivity index (χ2n) is 5.82. The molecule has 0 aliphatic carbocycles. The number of nitrogens with zero attached hydrogens (tertiary/aromatic N) is 1. The molecule has 2 aromatic carbocycles. The lowest BCUT2D eigenvalue weighted by atomic mass is 10.0. The van der Waals surface area contributed by atoms with E-state index in [0.29, 0.717) is 0 Å². The van der Waals surface area contributed by atoms with Gasteiger partial charge in [-0.05, 0) is 48.9 Å². The van der Waals surface area contributed by atoms with E-state index >= 15 is 0 Å². The molecule has 1 amide bonds. The summed E-state index contributed by atoms with van der Waals surface area (Å²) in [6.07, 6.45) is 4.00. The van der Waals surface area contributed by atoms with Crippen LogP contribution in [0.25, 0.3) is 0 Å².